The van der Waals surface area contributed by atoms with Crippen LogP contribution in [0.3, 0.4) is 0 Å². The molecule has 30 heavy (non-hydrogen) atoms. The number of anilines is 1. The van der Waals surface area contributed by atoms with E-state index in [1.165, 1.54) is 6.08 Å². The van der Waals surface area contributed by atoms with E-state index in [1.54, 1.807) is 30.3 Å². The number of aryl methyl sites for hydroxylation is 2. The lowest BCUT2D eigenvalue weighted by atomic mass is 10.1. The lowest BCUT2D eigenvalue weighted by Gasteiger charge is -2.27. The van der Waals surface area contributed by atoms with Crippen LogP contribution in [0.4, 0.5) is 10.5 Å². The van der Waals surface area contributed by atoms with Crippen LogP contribution in [-0.4, -0.2) is 24.5 Å². The van der Waals surface area contributed by atoms with Gasteiger partial charge in [-0.2, -0.15) is 0 Å². The van der Waals surface area contributed by atoms with Gasteiger partial charge in [-0.25, -0.2) is 9.69 Å². The smallest absolute Gasteiger partial charge is 0.335 e. The molecule has 154 valence electrons. The maximum absolute atomic E-state index is 13.1. The SMILES string of the molecule is C=CCOc1c(Br)cc(/C=C2\C(=O)NC(=O)N(c3ccc(C)c(C)c3)C2=O)cc1I. The second-order valence-electron chi connectivity index (χ2n) is 6.64. The summed E-state index contributed by atoms with van der Waals surface area (Å²) in [4.78, 5) is 38.8. The minimum Gasteiger partial charge on any atom is -0.487 e. The van der Waals surface area contributed by atoms with Gasteiger partial charge < -0.3 is 4.74 Å². The molecule has 1 N–H and O–H groups in total. The highest BCUT2D eigenvalue weighted by atomic mass is 127. The van der Waals surface area contributed by atoms with Crippen LogP contribution < -0.4 is 15.0 Å². The summed E-state index contributed by atoms with van der Waals surface area (Å²) in [5.41, 5.74) is 2.86. The summed E-state index contributed by atoms with van der Waals surface area (Å²) in [5.74, 6) is -0.766. The molecular weight excluding hydrogens is 563 g/mol. The average molecular weight is 581 g/mol. The first-order chi connectivity index (χ1) is 14.2. The predicted molar refractivity (Wildman–Crippen MR) is 127 cm³/mol. The van der Waals surface area contributed by atoms with Gasteiger partial charge in [-0.05, 0) is 99.4 Å². The lowest BCUT2D eigenvalue weighted by Crippen LogP contribution is -2.54. The molecule has 3 rings (SSSR count). The van der Waals surface area contributed by atoms with Gasteiger partial charge in [0.25, 0.3) is 11.8 Å². The minimum absolute atomic E-state index is 0.129. The van der Waals surface area contributed by atoms with Crippen LogP contribution >= 0.6 is 38.5 Å². The quantitative estimate of drug-likeness (QED) is 0.236. The van der Waals surface area contributed by atoms with Crippen molar-refractivity contribution in [2.75, 3.05) is 11.5 Å². The van der Waals surface area contributed by atoms with E-state index in [0.29, 0.717) is 28.1 Å². The largest absolute Gasteiger partial charge is 0.487 e. The number of carbonyl (C=O) groups excluding carboxylic acids is 3. The summed E-state index contributed by atoms with van der Waals surface area (Å²) in [7, 11) is 0. The van der Waals surface area contributed by atoms with E-state index in [0.717, 1.165) is 19.6 Å². The zero-order valence-electron chi connectivity index (χ0n) is 16.3. The first-order valence-corrected chi connectivity index (χ1v) is 10.8. The van der Waals surface area contributed by atoms with E-state index in [4.69, 9.17) is 4.74 Å². The van der Waals surface area contributed by atoms with Crippen molar-refractivity contribution in [2.24, 2.45) is 0 Å². The number of carbonyl (C=O) groups is 3. The Hall–Kier alpha value is -2.46. The molecule has 0 saturated carbocycles. The van der Waals surface area contributed by atoms with Crippen molar-refractivity contribution in [3.8, 4) is 5.75 Å². The van der Waals surface area contributed by atoms with Crippen molar-refractivity contribution >= 4 is 68.1 Å². The van der Waals surface area contributed by atoms with Crippen molar-refractivity contribution in [3.63, 3.8) is 0 Å². The molecule has 0 atom stereocenters. The van der Waals surface area contributed by atoms with Gasteiger partial charge in [0.15, 0.2) is 0 Å². The van der Waals surface area contributed by atoms with Gasteiger partial charge in [-0.1, -0.05) is 18.7 Å². The maximum Gasteiger partial charge on any atom is 0.335 e. The highest BCUT2D eigenvalue weighted by molar-refractivity contribution is 14.1. The molecule has 2 aromatic rings. The third-order valence-electron chi connectivity index (χ3n) is 4.53. The Bertz CT molecular complexity index is 1090. The van der Waals surface area contributed by atoms with Gasteiger partial charge in [0.05, 0.1) is 13.7 Å². The zero-order valence-corrected chi connectivity index (χ0v) is 20.0. The van der Waals surface area contributed by atoms with E-state index in [2.05, 4.69) is 50.4 Å². The monoisotopic (exact) mass is 580 g/mol. The van der Waals surface area contributed by atoms with E-state index in [9.17, 15) is 14.4 Å². The third-order valence-corrected chi connectivity index (χ3v) is 5.92. The van der Waals surface area contributed by atoms with Crippen LogP contribution in [0.25, 0.3) is 6.08 Å². The van der Waals surface area contributed by atoms with Gasteiger partial charge >= 0.3 is 6.03 Å². The molecule has 1 saturated heterocycles. The molecule has 8 heteroatoms. The van der Waals surface area contributed by atoms with Gasteiger partial charge in [-0.15, -0.1) is 0 Å². The number of hydrogen-bond donors (Lipinski definition) is 1. The zero-order chi connectivity index (χ0) is 22.0. The fourth-order valence-corrected chi connectivity index (χ4v) is 4.64. The maximum atomic E-state index is 13.1. The number of imide groups is 2. The van der Waals surface area contributed by atoms with Crippen LogP contribution in [0.2, 0.25) is 0 Å². The van der Waals surface area contributed by atoms with Crippen LogP contribution in [0.5, 0.6) is 5.75 Å². The first-order valence-electron chi connectivity index (χ1n) is 8.94. The first kappa shape index (κ1) is 22.2. The van der Waals surface area contributed by atoms with Gasteiger partial charge in [0.1, 0.15) is 17.9 Å². The molecular formula is C22H18BrIN2O4. The van der Waals surface area contributed by atoms with Crippen molar-refractivity contribution in [3.05, 3.63) is 73.3 Å². The summed E-state index contributed by atoms with van der Waals surface area (Å²) in [6, 6.07) is 8.00. The van der Waals surface area contributed by atoms with Crippen molar-refractivity contribution in [2.45, 2.75) is 13.8 Å². The third kappa shape index (κ3) is 4.49. The summed E-state index contributed by atoms with van der Waals surface area (Å²) in [5, 5.41) is 2.24. The fraction of sp³-hybridized carbons (Fsp3) is 0.136. The molecule has 6 nitrogen and oxygen atoms in total. The number of hydrogen-bond acceptors (Lipinski definition) is 4. The number of amides is 4. The number of halogens is 2. The van der Waals surface area contributed by atoms with Crippen LogP contribution in [0.15, 0.2) is 53.0 Å². The molecule has 0 unspecified atom stereocenters. The Kier molecular flexibility index (Phi) is 6.77. The minimum atomic E-state index is -0.769. The predicted octanol–water partition coefficient (Wildman–Crippen LogP) is 4.90. The molecule has 1 aliphatic heterocycles. The van der Waals surface area contributed by atoms with Gasteiger partial charge in [-0.3, -0.25) is 14.9 Å². The lowest BCUT2D eigenvalue weighted by molar-refractivity contribution is -0.122. The Labute approximate surface area is 196 Å². The number of rotatable bonds is 5. The van der Waals surface area contributed by atoms with Gasteiger partial charge in [0, 0.05) is 0 Å². The van der Waals surface area contributed by atoms with Crippen LogP contribution in [0.1, 0.15) is 16.7 Å². The molecule has 1 heterocycles. The summed E-state index contributed by atoms with van der Waals surface area (Å²) in [6.07, 6.45) is 3.10. The number of nitrogens with zero attached hydrogens (tertiary/aromatic N) is 1. The second kappa shape index (κ2) is 9.13. The molecule has 0 bridgehead atoms. The fourth-order valence-electron chi connectivity index (χ4n) is 2.87. The Balaban J connectivity index is 2.00. The Morgan fingerprint density at radius 1 is 1.17 bits per heavy atom. The number of nitrogens with one attached hydrogen (secondary N) is 1. The van der Waals surface area contributed by atoms with E-state index < -0.39 is 17.8 Å². The van der Waals surface area contributed by atoms with Crippen LogP contribution in [-0.2, 0) is 9.59 Å². The summed E-state index contributed by atoms with van der Waals surface area (Å²) in [6.45, 7) is 7.81. The summed E-state index contributed by atoms with van der Waals surface area (Å²) >= 11 is 5.56. The topological polar surface area (TPSA) is 75.7 Å². The number of ether oxygens (including phenoxy) is 1. The number of benzene rings is 2. The van der Waals surface area contributed by atoms with E-state index in [1.807, 2.05) is 19.9 Å². The highest BCUT2D eigenvalue weighted by Crippen LogP contribution is 2.33. The standard InChI is InChI=1S/C22H18BrIN2O4/c1-4-7-30-19-17(23)10-14(11-18(19)24)9-16-20(27)25-22(29)26(21(16)28)15-6-5-12(2)13(3)8-15/h4-6,8-11H,1,7H2,2-3H3,(H,25,27,29)/b16-9+. The summed E-state index contributed by atoms with van der Waals surface area (Å²) < 4.78 is 7.09. The van der Waals surface area contributed by atoms with Crippen molar-refractivity contribution < 1.29 is 19.1 Å². The second-order valence-corrected chi connectivity index (χ2v) is 8.66. The normalized spacial score (nSPS) is 15.4. The Morgan fingerprint density at radius 3 is 2.53 bits per heavy atom. The molecule has 1 aliphatic rings. The van der Waals surface area contributed by atoms with Crippen LogP contribution in [0, 0.1) is 17.4 Å². The molecule has 0 aromatic heterocycles. The van der Waals surface area contributed by atoms with Gasteiger partial charge in [0.2, 0.25) is 0 Å². The number of barbiturate groups is 1. The molecule has 4 amide bonds. The molecule has 0 aliphatic carbocycles. The molecule has 2 aromatic carbocycles. The number of urea groups is 1. The molecule has 0 radical (unpaired) electrons. The highest BCUT2D eigenvalue weighted by Gasteiger charge is 2.37. The van der Waals surface area contributed by atoms with E-state index >= 15 is 0 Å². The molecule has 1 fully saturated rings. The van der Waals surface area contributed by atoms with Crippen molar-refractivity contribution in [1.82, 2.24) is 5.32 Å². The average Bonchev–Trinajstić information content (AvgIpc) is 2.67. The van der Waals surface area contributed by atoms with Crippen molar-refractivity contribution in [1.29, 1.82) is 0 Å². The Morgan fingerprint density at radius 2 is 1.90 bits per heavy atom. The van der Waals surface area contributed by atoms with E-state index in [-0.39, 0.29) is 5.57 Å². The molecule has 0 spiro atoms.